The van der Waals surface area contributed by atoms with Gasteiger partial charge in [-0.15, -0.1) is 0 Å². The monoisotopic (exact) mass is 326 g/mol. The summed E-state index contributed by atoms with van der Waals surface area (Å²) in [7, 11) is 0. The average Bonchev–Trinajstić information content (AvgIpc) is 2.42. The van der Waals surface area contributed by atoms with Crippen LogP contribution in [0.3, 0.4) is 0 Å². The van der Waals surface area contributed by atoms with E-state index in [2.05, 4.69) is 59.8 Å². The maximum absolute atomic E-state index is 6.03. The van der Waals surface area contributed by atoms with Crippen molar-refractivity contribution in [2.45, 2.75) is 52.5 Å². The molecule has 0 aliphatic heterocycles. The molecule has 1 atom stereocenters. The van der Waals surface area contributed by atoms with Gasteiger partial charge in [0.1, 0.15) is 0 Å². The molecular weight excluding hydrogens is 300 g/mol. The van der Waals surface area contributed by atoms with Crippen molar-refractivity contribution in [3.05, 3.63) is 28.2 Å². The van der Waals surface area contributed by atoms with E-state index in [9.17, 15) is 0 Å². The van der Waals surface area contributed by atoms with Gasteiger partial charge in [0.2, 0.25) is 0 Å². The minimum atomic E-state index is 0.254. The van der Waals surface area contributed by atoms with Crippen molar-refractivity contribution in [1.82, 2.24) is 0 Å². The molecule has 0 fully saturated rings. The third-order valence-corrected chi connectivity index (χ3v) is 4.31. The number of hydrogen-bond donors (Lipinski definition) is 1. The smallest absolute Gasteiger partial charge is 0.0377 e. The Hall–Kier alpha value is -0.540. The van der Waals surface area contributed by atoms with Crippen LogP contribution in [0, 0.1) is 0 Å². The highest BCUT2D eigenvalue weighted by Gasteiger charge is 2.09. The second kappa shape index (κ2) is 8.60. The molecule has 0 aromatic heterocycles. The van der Waals surface area contributed by atoms with Gasteiger partial charge >= 0.3 is 0 Å². The fourth-order valence-electron chi connectivity index (χ4n) is 2.14. The largest absolute Gasteiger partial charge is 0.372 e. The zero-order valence-electron chi connectivity index (χ0n) is 12.5. The number of benzene rings is 1. The Balaban J connectivity index is 2.79. The molecule has 0 amide bonds. The molecule has 0 saturated heterocycles. The van der Waals surface area contributed by atoms with E-state index in [0.717, 1.165) is 25.9 Å². The number of unbranched alkanes of at least 4 members (excludes halogenated alkanes) is 1. The van der Waals surface area contributed by atoms with E-state index >= 15 is 0 Å². The summed E-state index contributed by atoms with van der Waals surface area (Å²) in [6.07, 6.45) is 4.44. The van der Waals surface area contributed by atoms with Gasteiger partial charge in [-0.05, 0) is 43.9 Å². The van der Waals surface area contributed by atoms with Crippen molar-refractivity contribution >= 4 is 21.6 Å². The standard InChI is InChI=1S/C16H27BrN2/c1-4-7-10-19(6-3)15-9-8-13(16(17)12-15)11-14(18)5-2/h8-9,12,14H,4-7,10-11,18H2,1-3H3. The van der Waals surface area contributed by atoms with Crippen molar-refractivity contribution in [1.29, 1.82) is 0 Å². The highest BCUT2D eigenvalue weighted by atomic mass is 79.9. The Kier molecular flexibility index (Phi) is 7.47. The van der Waals surface area contributed by atoms with E-state index < -0.39 is 0 Å². The van der Waals surface area contributed by atoms with E-state index in [1.165, 1.54) is 28.6 Å². The van der Waals surface area contributed by atoms with Gasteiger partial charge in [-0.25, -0.2) is 0 Å². The summed E-state index contributed by atoms with van der Waals surface area (Å²) >= 11 is 3.69. The minimum Gasteiger partial charge on any atom is -0.372 e. The van der Waals surface area contributed by atoms with E-state index in [1.54, 1.807) is 0 Å². The molecule has 0 heterocycles. The van der Waals surface area contributed by atoms with Gasteiger partial charge in [0.15, 0.2) is 0 Å². The molecule has 0 bridgehead atoms. The molecule has 0 spiro atoms. The third kappa shape index (κ3) is 5.15. The van der Waals surface area contributed by atoms with Crippen LogP contribution < -0.4 is 10.6 Å². The number of rotatable bonds is 8. The fourth-order valence-corrected chi connectivity index (χ4v) is 2.67. The molecule has 1 unspecified atom stereocenters. The molecule has 2 nitrogen and oxygen atoms in total. The van der Waals surface area contributed by atoms with E-state index in [1.807, 2.05) is 0 Å². The van der Waals surface area contributed by atoms with Gasteiger partial charge in [-0.1, -0.05) is 42.3 Å². The lowest BCUT2D eigenvalue weighted by molar-refractivity contribution is 0.645. The first-order valence-electron chi connectivity index (χ1n) is 7.41. The predicted molar refractivity (Wildman–Crippen MR) is 88.9 cm³/mol. The molecule has 0 aliphatic rings. The Labute approximate surface area is 126 Å². The SMILES string of the molecule is CCCCN(CC)c1ccc(CC(N)CC)c(Br)c1. The zero-order chi connectivity index (χ0) is 14.3. The molecule has 0 saturated carbocycles. The van der Waals surface area contributed by atoms with Crippen molar-refractivity contribution < 1.29 is 0 Å². The van der Waals surface area contributed by atoms with E-state index in [0.29, 0.717) is 0 Å². The van der Waals surface area contributed by atoms with Crippen LogP contribution in [0.15, 0.2) is 22.7 Å². The summed E-state index contributed by atoms with van der Waals surface area (Å²) in [4.78, 5) is 2.43. The molecule has 1 rings (SSSR count). The zero-order valence-corrected chi connectivity index (χ0v) is 14.0. The normalized spacial score (nSPS) is 12.5. The summed E-state index contributed by atoms with van der Waals surface area (Å²) in [6, 6.07) is 6.92. The molecule has 1 aromatic rings. The van der Waals surface area contributed by atoms with Crippen LogP contribution in [-0.4, -0.2) is 19.1 Å². The van der Waals surface area contributed by atoms with Gasteiger partial charge < -0.3 is 10.6 Å². The Bertz CT molecular complexity index is 379. The summed E-state index contributed by atoms with van der Waals surface area (Å²) in [5, 5.41) is 0. The summed E-state index contributed by atoms with van der Waals surface area (Å²) in [5.41, 5.74) is 8.64. The van der Waals surface area contributed by atoms with E-state index in [4.69, 9.17) is 5.73 Å². The Morgan fingerprint density at radius 3 is 2.53 bits per heavy atom. The van der Waals surface area contributed by atoms with Crippen molar-refractivity contribution in [3.63, 3.8) is 0 Å². The molecule has 0 aliphatic carbocycles. The molecule has 0 radical (unpaired) electrons. The Morgan fingerprint density at radius 1 is 1.26 bits per heavy atom. The fraction of sp³-hybridized carbons (Fsp3) is 0.625. The lowest BCUT2D eigenvalue weighted by Crippen LogP contribution is -2.24. The molecule has 3 heteroatoms. The molecular formula is C16H27BrN2. The first-order valence-corrected chi connectivity index (χ1v) is 8.20. The first kappa shape index (κ1) is 16.5. The number of hydrogen-bond acceptors (Lipinski definition) is 2. The summed E-state index contributed by atoms with van der Waals surface area (Å²) < 4.78 is 1.18. The van der Waals surface area contributed by atoms with Crippen LogP contribution in [0.2, 0.25) is 0 Å². The van der Waals surface area contributed by atoms with Gasteiger partial charge in [0.05, 0.1) is 0 Å². The van der Waals surface area contributed by atoms with Crippen LogP contribution in [0.1, 0.15) is 45.6 Å². The quantitative estimate of drug-likeness (QED) is 0.769. The maximum atomic E-state index is 6.03. The number of halogens is 1. The minimum absolute atomic E-state index is 0.254. The van der Waals surface area contributed by atoms with Gasteiger partial charge in [-0.3, -0.25) is 0 Å². The van der Waals surface area contributed by atoms with Crippen LogP contribution in [0.5, 0.6) is 0 Å². The molecule has 19 heavy (non-hydrogen) atoms. The second-order valence-corrected chi connectivity index (χ2v) is 5.94. The first-order chi connectivity index (χ1) is 9.12. The van der Waals surface area contributed by atoms with Crippen molar-refractivity contribution in [3.8, 4) is 0 Å². The molecule has 108 valence electrons. The number of anilines is 1. The summed E-state index contributed by atoms with van der Waals surface area (Å²) in [6.45, 7) is 8.77. The maximum Gasteiger partial charge on any atom is 0.0377 e. The predicted octanol–water partition coefficient (Wildman–Crippen LogP) is 4.36. The van der Waals surface area contributed by atoms with Gasteiger partial charge in [0, 0.05) is 29.3 Å². The Morgan fingerprint density at radius 2 is 2.00 bits per heavy atom. The van der Waals surface area contributed by atoms with Crippen LogP contribution in [0.4, 0.5) is 5.69 Å². The topological polar surface area (TPSA) is 29.3 Å². The lowest BCUT2D eigenvalue weighted by atomic mass is 10.0. The van der Waals surface area contributed by atoms with Crippen LogP contribution >= 0.6 is 15.9 Å². The molecule has 1 aromatic carbocycles. The second-order valence-electron chi connectivity index (χ2n) is 5.08. The number of nitrogens with two attached hydrogens (primary N) is 1. The summed E-state index contributed by atoms with van der Waals surface area (Å²) in [5.74, 6) is 0. The van der Waals surface area contributed by atoms with Gasteiger partial charge in [0.25, 0.3) is 0 Å². The molecule has 2 N–H and O–H groups in total. The average molecular weight is 327 g/mol. The highest BCUT2D eigenvalue weighted by molar-refractivity contribution is 9.10. The van der Waals surface area contributed by atoms with Crippen molar-refractivity contribution in [2.75, 3.05) is 18.0 Å². The highest BCUT2D eigenvalue weighted by Crippen LogP contribution is 2.25. The van der Waals surface area contributed by atoms with Crippen LogP contribution in [0.25, 0.3) is 0 Å². The number of nitrogens with zero attached hydrogens (tertiary/aromatic N) is 1. The van der Waals surface area contributed by atoms with Crippen LogP contribution in [-0.2, 0) is 6.42 Å². The van der Waals surface area contributed by atoms with Gasteiger partial charge in [-0.2, -0.15) is 0 Å². The lowest BCUT2D eigenvalue weighted by Gasteiger charge is -2.24. The third-order valence-electron chi connectivity index (χ3n) is 3.57. The van der Waals surface area contributed by atoms with Crippen molar-refractivity contribution in [2.24, 2.45) is 5.73 Å². The van der Waals surface area contributed by atoms with E-state index in [-0.39, 0.29) is 6.04 Å².